The van der Waals surface area contributed by atoms with Crippen molar-refractivity contribution in [2.75, 3.05) is 32.7 Å². The maximum absolute atomic E-state index is 12.6. The molecule has 0 radical (unpaired) electrons. The third-order valence-electron chi connectivity index (χ3n) is 4.07. The summed E-state index contributed by atoms with van der Waals surface area (Å²) in [5.41, 5.74) is -0.867. The van der Waals surface area contributed by atoms with Crippen LogP contribution in [0.4, 0.5) is 13.2 Å². The summed E-state index contributed by atoms with van der Waals surface area (Å²) in [7, 11) is -3.77. The normalized spacial score (nSPS) is 17.6. The molecule has 1 aliphatic rings. The van der Waals surface area contributed by atoms with Crippen molar-refractivity contribution in [3.05, 3.63) is 29.8 Å². The van der Waals surface area contributed by atoms with Crippen LogP contribution >= 0.6 is 0 Å². The van der Waals surface area contributed by atoms with Crippen LogP contribution in [0.3, 0.4) is 0 Å². The van der Waals surface area contributed by atoms with Crippen molar-refractivity contribution in [2.24, 2.45) is 0 Å². The SMILES string of the molecule is N#CCCC[NH+]1CCN(S(=O)(=O)c2ccc(C(F)(F)F)cc2)CC1. The quantitative estimate of drug-likeness (QED) is 0.792. The van der Waals surface area contributed by atoms with Crippen molar-refractivity contribution >= 4 is 10.0 Å². The van der Waals surface area contributed by atoms with Crippen molar-refractivity contribution in [1.82, 2.24) is 4.31 Å². The largest absolute Gasteiger partial charge is 0.416 e. The topological polar surface area (TPSA) is 65.6 Å². The highest BCUT2D eigenvalue weighted by Crippen LogP contribution is 2.30. The van der Waals surface area contributed by atoms with Crippen molar-refractivity contribution in [3.8, 4) is 6.07 Å². The zero-order chi connectivity index (χ0) is 17.8. The molecule has 0 aromatic heterocycles. The third-order valence-corrected chi connectivity index (χ3v) is 5.98. The molecule has 0 saturated carbocycles. The molecule has 0 atom stereocenters. The molecule has 2 rings (SSSR count). The molecule has 0 unspecified atom stereocenters. The van der Waals surface area contributed by atoms with Gasteiger partial charge in [-0.05, 0) is 24.3 Å². The fourth-order valence-electron chi connectivity index (χ4n) is 2.68. The maximum Gasteiger partial charge on any atom is 0.416 e. The Morgan fingerprint density at radius 2 is 1.75 bits per heavy atom. The number of unbranched alkanes of at least 4 members (excludes halogenated alkanes) is 1. The molecule has 24 heavy (non-hydrogen) atoms. The fraction of sp³-hybridized carbons (Fsp3) is 0.533. The van der Waals surface area contributed by atoms with E-state index in [-0.39, 0.29) is 4.90 Å². The van der Waals surface area contributed by atoms with E-state index >= 15 is 0 Å². The second-order valence-corrected chi connectivity index (χ2v) is 7.63. The number of piperazine rings is 1. The van der Waals surface area contributed by atoms with Gasteiger partial charge in [-0.3, -0.25) is 0 Å². The van der Waals surface area contributed by atoms with Gasteiger partial charge in [-0.25, -0.2) is 8.42 Å². The van der Waals surface area contributed by atoms with Gasteiger partial charge in [-0.2, -0.15) is 22.7 Å². The molecule has 1 aromatic carbocycles. The van der Waals surface area contributed by atoms with E-state index in [1.165, 1.54) is 9.21 Å². The molecule has 1 aromatic rings. The number of benzene rings is 1. The molecular weight excluding hydrogens is 343 g/mol. The first-order chi connectivity index (χ1) is 11.2. The van der Waals surface area contributed by atoms with Crippen LogP contribution in [0.5, 0.6) is 0 Å². The van der Waals surface area contributed by atoms with Gasteiger partial charge in [-0.15, -0.1) is 0 Å². The minimum Gasteiger partial charge on any atom is -0.333 e. The Morgan fingerprint density at radius 3 is 2.25 bits per heavy atom. The van der Waals surface area contributed by atoms with Crippen LogP contribution in [0.2, 0.25) is 0 Å². The third kappa shape index (κ3) is 4.47. The van der Waals surface area contributed by atoms with Crippen LogP contribution in [0.15, 0.2) is 29.2 Å². The van der Waals surface area contributed by atoms with Crippen LogP contribution in [0.1, 0.15) is 18.4 Å². The van der Waals surface area contributed by atoms with E-state index < -0.39 is 21.8 Å². The Balaban J connectivity index is 2.00. The van der Waals surface area contributed by atoms with Gasteiger partial charge in [0.1, 0.15) is 0 Å². The summed E-state index contributed by atoms with van der Waals surface area (Å²) < 4.78 is 64.0. The van der Waals surface area contributed by atoms with Gasteiger partial charge >= 0.3 is 6.18 Å². The second-order valence-electron chi connectivity index (χ2n) is 5.69. The summed E-state index contributed by atoms with van der Waals surface area (Å²) in [6, 6.07) is 5.66. The van der Waals surface area contributed by atoms with E-state index in [0.29, 0.717) is 32.6 Å². The van der Waals surface area contributed by atoms with Gasteiger partial charge in [-0.1, -0.05) is 0 Å². The molecule has 1 N–H and O–H groups in total. The summed E-state index contributed by atoms with van der Waals surface area (Å²) >= 11 is 0. The molecule has 0 spiro atoms. The molecule has 1 aliphatic heterocycles. The van der Waals surface area contributed by atoms with E-state index in [4.69, 9.17) is 5.26 Å². The Morgan fingerprint density at radius 1 is 1.17 bits per heavy atom. The number of alkyl halides is 3. The van der Waals surface area contributed by atoms with Gasteiger partial charge in [0.2, 0.25) is 10.0 Å². The minimum absolute atomic E-state index is 0.122. The van der Waals surface area contributed by atoms with E-state index in [1.807, 2.05) is 0 Å². The van der Waals surface area contributed by atoms with Crippen LogP contribution in [-0.2, 0) is 16.2 Å². The van der Waals surface area contributed by atoms with Gasteiger partial charge in [0.05, 0.1) is 49.3 Å². The van der Waals surface area contributed by atoms with Crippen LogP contribution < -0.4 is 4.90 Å². The lowest BCUT2D eigenvalue weighted by Crippen LogP contribution is -3.14. The number of hydrogen-bond donors (Lipinski definition) is 1. The monoisotopic (exact) mass is 362 g/mol. The molecular formula is C15H19F3N3O2S+. The molecule has 132 valence electrons. The molecule has 5 nitrogen and oxygen atoms in total. The Bertz CT molecular complexity index is 688. The predicted octanol–water partition coefficient (Wildman–Crippen LogP) is 0.898. The molecule has 0 amide bonds. The highest BCUT2D eigenvalue weighted by Gasteiger charge is 2.33. The van der Waals surface area contributed by atoms with Crippen LogP contribution in [0, 0.1) is 11.3 Å². The van der Waals surface area contributed by atoms with Gasteiger partial charge < -0.3 is 4.90 Å². The average molecular weight is 362 g/mol. The predicted molar refractivity (Wildman–Crippen MR) is 80.6 cm³/mol. The summed E-state index contributed by atoms with van der Waals surface area (Å²) in [6.07, 6.45) is -3.23. The summed E-state index contributed by atoms with van der Waals surface area (Å²) in [4.78, 5) is 1.12. The Labute approximate surface area is 139 Å². The molecule has 0 aliphatic carbocycles. The fourth-order valence-corrected chi connectivity index (χ4v) is 4.12. The van der Waals surface area contributed by atoms with Gasteiger partial charge in [0.15, 0.2) is 0 Å². The van der Waals surface area contributed by atoms with Crippen LogP contribution in [-0.4, -0.2) is 45.4 Å². The van der Waals surface area contributed by atoms with Crippen molar-refractivity contribution in [1.29, 1.82) is 5.26 Å². The van der Waals surface area contributed by atoms with Crippen molar-refractivity contribution < 1.29 is 26.5 Å². The first-order valence-electron chi connectivity index (χ1n) is 7.63. The number of quaternary nitrogens is 1. The average Bonchev–Trinajstić information content (AvgIpc) is 2.55. The van der Waals surface area contributed by atoms with Crippen molar-refractivity contribution in [2.45, 2.75) is 23.9 Å². The smallest absolute Gasteiger partial charge is 0.333 e. The zero-order valence-corrected chi connectivity index (χ0v) is 13.8. The molecule has 1 heterocycles. The first-order valence-corrected chi connectivity index (χ1v) is 9.07. The lowest BCUT2D eigenvalue weighted by molar-refractivity contribution is -0.903. The number of rotatable bonds is 5. The zero-order valence-electron chi connectivity index (χ0n) is 13.0. The lowest BCUT2D eigenvalue weighted by atomic mass is 10.2. The number of nitriles is 1. The molecule has 9 heteroatoms. The first kappa shape index (κ1) is 18.7. The molecule has 0 bridgehead atoms. The number of halogens is 3. The maximum atomic E-state index is 12.6. The number of nitrogens with one attached hydrogen (secondary N) is 1. The van der Waals surface area contributed by atoms with E-state index in [1.54, 1.807) is 0 Å². The van der Waals surface area contributed by atoms with Gasteiger partial charge in [0, 0.05) is 12.8 Å². The standard InChI is InChI=1S/C15H18F3N3O2S/c16-15(17,18)13-3-5-14(6-4-13)24(22,23)21-11-9-20(10-12-21)8-2-1-7-19/h3-6H,1-2,8-12H2/p+1. The van der Waals surface area contributed by atoms with E-state index in [9.17, 15) is 21.6 Å². The molecule has 1 saturated heterocycles. The highest BCUT2D eigenvalue weighted by atomic mass is 32.2. The Kier molecular flexibility index (Phi) is 5.85. The number of nitrogens with zero attached hydrogens (tertiary/aromatic N) is 2. The lowest BCUT2D eigenvalue weighted by Gasteiger charge is -2.31. The number of sulfonamides is 1. The molecule has 1 fully saturated rings. The van der Waals surface area contributed by atoms with Crippen molar-refractivity contribution in [3.63, 3.8) is 0 Å². The van der Waals surface area contributed by atoms with Gasteiger partial charge in [0.25, 0.3) is 0 Å². The van der Waals surface area contributed by atoms with E-state index in [2.05, 4.69) is 6.07 Å². The highest BCUT2D eigenvalue weighted by molar-refractivity contribution is 7.89. The minimum atomic E-state index is -4.49. The number of hydrogen-bond acceptors (Lipinski definition) is 3. The summed E-state index contributed by atoms with van der Waals surface area (Å²) in [5.74, 6) is 0. The summed E-state index contributed by atoms with van der Waals surface area (Å²) in [6.45, 7) is 2.73. The van der Waals surface area contributed by atoms with Crippen LogP contribution in [0.25, 0.3) is 0 Å². The van der Waals surface area contributed by atoms with E-state index in [0.717, 1.165) is 37.2 Å². The summed E-state index contributed by atoms with van der Waals surface area (Å²) in [5, 5.41) is 8.52. The second kappa shape index (κ2) is 7.51. The Hall–Kier alpha value is -1.63.